The van der Waals surface area contributed by atoms with E-state index in [0.29, 0.717) is 0 Å². The Morgan fingerprint density at radius 2 is 1.89 bits per heavy atom. The summed E-state index contributed by atoms with van der Waals surface area (Å²) in [6.45, 7) is 2.14. The maximum atomic E-state index is 5.39. The van der Waals surface area contributed by atoms with Crippen LogP contribution in [-0.2, 0) is 6.42 Å². The van der Waals surface area contributed by atoms with Gasteiger partial charge in [0, 0.05) is 17.3 Å². The van der Waals surface area contributed by atoms with E-state index in [4.69, 9.17) is 12.2 Å². The van der Waals surface area contributed by atoms with E-state index in [1.165, 1.54) is 16.5 Å². The fraction of sp³-hybridized carbons (Fsp3) is 0.133. The number of hydrogen-bond donors (Lipinski definition) is 1. The molecule has 2 aromatic carbocycles. The Kier molecular flexibility index (Phi) is 2.76. The van der Waals surface area contributed by atoms with Gasteiger partial charge >= 0.3 is 0 Å². The van der Waals surface area contributed by atoms with Gasteiger partial charge in [-0.25, -0.2) is 0 Å². The predicted octanol–water partition coefficient (Wildman–Crippen LogP) is 4.25. The van der Waals surface area contributed by atoms with Gasteiger partial charge in [0.25, 0.3) is 0 Å². The molecule has 1 heterocycles. The largest absolute Gasteiger partial charge is 0.337 e. The molecule has 3 heteroatoms. The lowest BCUT2D eigenvalue weighted by Gasteiger charge is -2.10. The van der Waals surface area contributed by atoms with Crippen LogP contribution in [0.25, 0.3) is 16.5 Å². The molecule has 0 amide bonds. The minimum atomic E-state index is 0.753. The van der Waals surface area contributed by atoms with Gasteiger partial charge in [0.1, 0.15) is 0 Å². The van der Waals surface area contributed by atoms with Gasteiger partial charge in [-0.15, -0.1) is 0 Å². The van der Waals surface area contributed by atoms with Crippen molar-refractivity contribution in [1.82, 2.24) is 9.55 Å². The second-order valence-corrected chi connectivity index (χ2v) is 4.66. The SMILES string of the molecule is CCc1c[nH]c(=S)n1-c1cccc2ccccc12. The van der Waals surface area contributed by atoms with Gasteiger partial charge in [-0.1, -0.05) is 43.3 Å². The third kappa shape index (κ3) is 1.68. The van der Waals surface area contributed by atoms with Crippen LogP contribution >= 0.6 is 12.2 Å². The molecule has 2 nitrogen and oxygen atoms in total. The first-order chi connectivity index (χ1) is 8.81. The second kappa shape index (κ2) is 4.42. The summed E-state index contributed by atoms with van der Waals surface area (Å²) in [7, 11) is 0. The molecule has 0 saturated heterocycles. The van der Waals surface area contributed by atoms with Gasteiger partial charge in [0.15, 0.2) is 4.77 Å². The second-order valence-electron chi connectivity index (χ2n) is 4.27. The molecule has 0 aliphatic rings. The first-order valence-corrected chi connectivity index (χ1v) is 6.49. The molecule has 0 saturated carbocycles. The van der Waals surface area contributed by atoms with Crippen LogP contribution in [-0.4, -0.2) is 9.55 Å². The minimum absolute atomic E-state index is 0.753. The maximum absolute atomic E-state index is 5.39. The van der Waals surface area contributed by atoms with Gasteiger partial charge in [0.2, 0.25) is 0 Å². The van der Waals surface area contributed by atoms with Crippen LogP contribution in [0.5, 0.6) is 0 Å². The Bertz CT molecular complexity index is 747. The van der Waals surface area contributed by atoms with Gasteiger partial charge in [-0.2, -0.15) is 0 Å². The Hall–Kier alpha value is -1.87. The fourth-order valence-electron chi connectivity index (χ4n) is 2.33. The monoisotopic (exact) mass is 254 g/mol. The minimum Gasteiger partial charge on any atom is -0.337 e. The van der Waals surface area contributed by atoms with Crippen LogP contribution < -0.4 is 0 Å². The molecule has 1 N–H and O–H groups in total. The summed E-state index contributed by atoms with van der Waals surface area (Å²) < 4.78 is 2.88. The van der Waals surface area contributed by atoms with Crippen molar-refractivity contribution in [3.8, 4) is 5.69 Å². The predicted molar refractivity (Wildman–Crippen MR) is 77.8 cm³/mol. The Morgan fingerprint density at radius 1 is 1.11 bits per heavy atom. The number of fused-ring (bicyclic) bond motifs is 1. The highest BCUT2D eigenvalue weighted by molar-refractivity contribution is 7.71. The topological polar surface area (TPSA) is 20.7 Å². The molecular weight excluding hydrogens is 240 g/mol. The molecule has 0 aliphatic heterocycles. The van der Waals surface area contributed by atoms with E-state index in [1.54, 1.807) is 0 Å². The average molecular weight is 254 g/mol. The highest BCUT2D eigenvalue weighted by Gasteiger charge is 2.07. The van der Waals surface area contributed by atoms with Crippen molar-refractivity contribution in [3.63, 3.8) is 0 Å². The van der Waals surface area contributed by atoms with Crippen molar-refractivity contribution in [2.45, 2.75) is 13.3 Å². The molecule has 0 bridgehead atoms. The molecule has 1 aromatic heterocycles. The van der Waals surface area contributed by atoms with Crippen LogP contribution in [0.4, 0.5) is 0 Å². The number of nitrogens with one attached hydrogen (secondary N) is 1. The summed E-state index contributed by atoms with van der Waals surface area (Å²) in [5, 5.41) is 2.46. The molecule has 0 spiro atoms. The molecule has 3 rings (SSSR count). The number of benzene rings is 2. The third-order valence-electron chi connectivity index (χ3n) is 3.22. The van der Waals surface area contributed by atoms with Crippen LogP contribution in [0.3, 0.4) is 0 Å². The standard InChI is InChI=1S/C15H14N2S/c1-2-12-10-16-15(18)17(12)14-9-5-7-11-6-3-4-8-13(11)14/h3-10H,2H2,1H3,(H,16,18). The number of aromatic nitrogens is 2. The number of hydrogen-bond acceptors (Lipinski definition) is 1. The van der Waals surface area contributed by atoms with Crippen molar-refractivity contribution >= 4 is 23.0 Å². The molecular formula is C15H14N2S. The van der Waals surface area contributed by atoms with Gasteiger partial charge in [-0.05, 0) is 30.1 Å². The van der Waals surface area contributed by atoms with E-state index in [1.807, 2.05) is 6.20 Å². The van der Waals surface area contributed by atoms with E-state index in [2.05, 4.69) is 58.9 Å². The molecule has 0 atom stereocenters. The van der Waals surface area contributed by atoms with Gasteiger partial charge in [0.05, 0.1) is 5.69 Å². The zero-order valence-corrected chi connectivity index (χ0v) is 11.0. The molecule has 3 aromatic rings. The van der Waals surface area contributed by atoms with Gasteiger partial charge < -0.3 is 4.98 Å². The number of imidazole rings is 1. The summed E-state index contributed by atoms with van der Waals surface area (Å²) >= 11 is 5.39. The smallest absolute Gasteiger partial charge is 0.182 e. The number of aryl methyl sites for hydroxylation is 1. The number of nitrogens with zero attached hydrogens (tertiary/aromatic N) is 1. The first-order valence-electron chi connectivity index (χ1n) is 6.08. The van der Waals surface area contributed by atoms with E-state index >= 15 is 0 Å². The van der Waals surface area contributed by atoms with Gasteiger partial charge in [-0.3, -0.25) is 4.57 Å². The number of aromatic amines is 1. The van der Waals surface area contributed by atoms with Crippen molar-refractivity contribution in [1.29, 1.82) is 0 Å². The quantitative estimate of drug-likeness (QED) is 0.678. The summed E-state index contributed by atoms with van der Waals surface area (Å²) in [5.41, 5.74) is 2.35. The number of H-pyrrole nitrogens is 1. The molecule has 0 fully saturated rings. The lowest BCUT2D eigenvalue weighted by atomic mass is 10.1. The van der Waals surface area contributed by atoms with E-state index < -0.39 is 0 Å². The Labute approximate surface area is 111 Å². The van der Waals surface area contributed by atoms with Crippen molar-refractivity contribution in [2.75, 3.05) is 0 Å². The maximum Gasteiger partial charge on any atom is 0.182 e. The third-order valence-corrected chi connectivity index (χ3v) is 3.52. The van der Waals surface area contributed by atoms with Crippen molar-refractivity contribution in [3.05, 3.63) is 59.1 Å². The summed E-state index contributed by atoms with van der Waals surface area (Å²) in [6.07, 6.45) is 2.94. The van der Waals surface area contributed by atoms with Crippen molar-refractivity contribution in [2.24, 2.45) is 0 Å². The summed E-state index contributed by atoms with van der Waals surface area (Å²) in [4.78, 5) is 3.13. The average Bonchev–Trinajstić information content (AvgIpc) is 2.79. The zero-order valence-electron chi connectivity index (χ0n) is 10.2. The number of rotatable bonds is 2. The van der Waals surface area contributed by atoms with E-state index in [-0.39, 0.29) is 0 Å². The van der Waals surface area contributed by atoms with Crippen LogP contribution in [0.2, 0.25) is 0 Å². The summed E-state index contributed by atoms with van der Waals surface area (Å²) in [6, 6.07) is 14.7. The summed E-state index contributed by atoms with van der Waals surface area (Å²) in [5.74, 6) is 0. The molecule has 0 radical (unpaired) electrons. The van der Waals surface area contributed by atoms with E-state index in [9.17, 15) is 0 Å². The zero-order chi connectivity index (χ0) is 12.5. The highest BCUT2D eigenvalue weighted by Crippen LogP contribution is 2.23. The first kappa shape index (κ1) is 11.2. The Morgan fingerprint density at radius 3 is 2.72 bits per heavy atom. The molecule has 90 valence electrons. The van der Waals surface area contributed by atoms with E-state index in [0.717, 1.165) is 16.9 Å². The Balaban J connectivity index is 2.38. The molecule has 0 unspecified atom stereocenters. The van der Waals surface area contributed by atoms with Crippen LogP contribution in [0.1, 0.15) is 12.6 Å². The fourth-order valence-corrected chi connectivity index (χ4v) is 2.61. The van der Waals surface area contributed by atoms with Crippen LogP contribution in [0.15, 0.2) is 48.7 Å². The lowest BCUT2D eigenvalue weighted by molar-refractivity contribution is 0.928. The molecule has 0 aliphatic carbocycles. The lowest BCUT2D eigenvalue weighted by Crippen LogP contribution is -1.99. The molecule has 18 heavy (non-hydrogen) atoms. The van der Waals surface area contributed by atoms with Crippen LogP contribution in [0, 0.1) is 4.77 Å². The highest BCUT2D eigenvalue weighted by atomic mass is 32.1. The van der Waals surface area contributed by atoms with Crippen molar-refractivity contribution < 1.29 is 0 Å². The normalized spacial score (nSPS) is 10.9.